The molecule has 0 aliphatic heterocycles. The lowest BCUT2D eigenvalue weighted by atomic mass is 9.97. The molecule has 6 heteroatoms. The number of nitrogens with one attached hydrogen (secondary N) is 2. The largest absolute Gasteiger partial charge is 0.336 e. The Morgan fingerprint density at radius 2 is 1.91 bits per heavy atom. The number of quaternary nitrogens is 1. The van der Waals surface area contributed by atoms with Gasteiger partial charge in [-0.2, -0.15) is 0 Å². The lowest BCUT2D eigenvalue weighted by Gasteiger charge is -2.17. The van der Waals surface area contributed by atoms with Crippen LogP contribution in [0.1, 0.15) is 49.8 Å². The summed E-state index contributed by atoms with van der Waals surface area (Å²) in [5, 5.41) is 9.14. The number of urea groups is 1. The van der Waals surface area contributed by atoms with Crippen LogP contribution < -0.4 is 16.0 Å². The molecule has 0 atom stereocenters. The molecule has 1 aromatic rings. The molecule has 1 fully saturated rings. The Morgan fingerprint density at radius 1 is 1.18 bits per heavy atom. The van der Waals surface area contributed by atoms with Crippen LogP contribution in [0.25, 0.3) is 0 Å². The molecule has 1 saturated carbocycles. The first-order valence-electron chi connectivity index (χ1n) is 8.17. The van der Waals surface area contributed by atoms with E-state index in [1.165, 1.54) is 44.9 Å². The van der Waals surface area contributed by atoms with Crippen LogP contribution in [0.5, 0.6) is 0 Å². The minimum absolute atomic E-state index is 0.217. The number of imide groups is 1. The van der Waals surface area contributed by atoms with E-state index in [0.717, 1.165) is 4.88 Å². The van der Waals surface area contributed by atoms with Crippen LogP contribution >= 0.6 is 11.3 Å². The van der Waals surface area contributed by atoms with E-state index in [2.05, 4.69) is 16.0 Å². The van der Waals surface area contributed by atoms with Gasteiger partial charge in [0.15, 0.2) is 6.54 Å². The van der Waals surface area contributed by atoms with Gasteiger partial charge in [0.25, 0.3) is 5.91 Å². The van der Waals surface area contributed by atoms with Crippen LogP contribution in [0.2, 0.25) is 0 Å². The van der Waals surface area contributed by atoms with E-state index in [9.17, 15) is 9.59 Å². The molecule has 0 radical (unpaired) electrons. The van der Waals surface area contributed by atoms with Gasteiger partial charge in [-0.15, -0.1) is 11.3 Å². The number of thiophene rings is 1. The molecule has 5 nitrogen and oxygen atoms in total. The van der Waals surface area contributed by atoms with Gasteiger partial charge in [0.1, 0.15) is 0 Å². The van der Waals surface area contributed by atoms with Crippen LogP contribution in [0.15, 0.2) is 17.5 Å². The minimum Gasteiger partial charge on any atom is -0.336 e. The molecule has 1 aliphatic carbocycles. The molecule has 0 aromatic carbocycles. The topological polar surface area (TPSA) is 74.8 Å². The molecule has 4 N–H and O–H groups in total. The van der Waals surface area contributed by atoms with E-state index in [-0.39, 0.29) is 5.91 Å². The van der Waals surface area contributed by atoms with Gasteiger partial charge >= 0.3 is 6.03 Å². The summed E-state index contributed by atoms with van der Waals surface area (Å²) in [5.74, 6) is -0.217. The lowest BCUT2D eigenvalue weighted by Crippen LogP contribution is -2.92. The van der Waals surface area contributed by atoms with Crippen LogP contribution in [0, 0.1) is 0 Å². The maximum Gasteiger partial charge on any atom is 0.321 e. The van der Waals surface area contributed by atoms with Crippen molar-refractivity contribution in [3.8, 4) is 0 Å². The molecule has 1 aromatic heterocycles. The Kier molecular flexibility index (Phi) is 7.39. The van der Waals surface area contributed by atoms with E-state index < -0.39 is 6.03 Å². The normalized spacial score (nSPS) is 16.5. The second kappa shape index (κ2) is 9.58. The average molecular weight is 324 g/mol. The average Bonchev–Trinajstić information content (AvgIpc) is 2.97. The third-order valence-electron chi connectivity index (χ3n) is 4.04. The van der Waals surface area contributed by atoms with Crippen molar-refractivity contribution in [3.63, 3.8) is 0 Å². The van der Waals surface area contributed by atoms with Gasteiger partial charge in [0, 0.05) is 4.88 Å². The SMILES string of the molecule is O=C(C[NH2+]C1CCCCCCC1)NC(=O)NCc1cccs1. The van der Waals surface area contributed by atoms with Crippen LogP contribution in [0.4, 0.5) is 4.79 Å². The standard InChI is InChI=1S/C16H25N3O2S/c20-15(12-17-13-7-4-2-1-3-5-8-13)19-16(21)18-11-14-9-6-10-22-14/h6,9-10,13,17H,1-5,7-8,11-12H2,(H2,18,19,20,21)/p+1. The maximum absolute atomic E-state index is 11.8. The van der Waals surface area contributed by atoms with Crippen molar-refractivity contribution >= 4 is 23.3 Å². The summed E-state index contributed by atoms with van der Waals surface area (Å²) in [6.45, 7) is 0.792. The van der Waals surface area contributed by atoms with Crippen molar-refractivity contribution < 1.29 is 14.9 Å². The third kappa shape index (κ3) is 6.58. The second-order valence-corrected chi connectivity index (χ2v) is 6.89. The summed E-state index contributed by atoms with van der Waals surface area (Å²) in [5.41, 5.74) is 0. The molecular weight excluding hydrogens is 298 g/mol. The summed E-state index contributed by atoms with van der Waals surface area (Å²) >= 11 is 1.58. The first-order chi connectivity index (χ1) is 10.7. The molecule has 2 rings (SSSR count). The maximum atomic E-state index is 11.8. The van der Waals surface area contributed by atoms with Crippen molar-refractivity contribution in [1.29, 1.82) is 0 Å². The Morgan fingerprint density at radius 3 is 2.59 bits per heavy atom. The smallest absolute Gasteiger partial charge is 0.321 e. The molecule has 0 saturated heterocycles. The summed E-state index contributed by atoms with van der Waals surface area (Å²) < 4.78 is 0. The lowest BCUT2D eigenvalue weighted by molar-refractivity contribution is -0.680. The molecular formula is C16H26N3O2S+. The Labute approximate surface area is 135 Å². The van der Waals surface area contributed by atoms with Crippen molar-refractivity contribution in [1.82, 2.24) is 10.6 Å². The van der Waals surface area contributed by atoms with Crippen molar-refractivity contribution in [3.05, 3.63) is 22.4 Å². The fourth-order valence-corrected chi connectivity index (χ4v) is 3.44. The quantitative estimate of drug-likeness (QED) is 0.772. The predicted octanol–water partition coefficient (Wildman–Crippen LogP) is 1.75. The zero-order valence-electron chi connectivity index (χ0n) is 13.0. The zero-order chi connectivity index (χ0) is 15.6. The Bertz CT molecular complexity index is 454. The van der Waals surface area contributed by atoms with Gasteiger partial charge in [-0.3, -0.25) is 10.1 Å². The van der Waals surface area contributed by atoms with E-state index in [0.29, 0.717) is 19.1 Å². The van der Waals surface area contributed by atoms with E-state index in [1.54, 1.807) is 11.3 Å². The summed E-state index contributed by atoms with van der Waals surface area (Å²) in [4.78, 5) is 24.5. The summed E-state index contributed by atoms with van der Waals surface area (Å²) in [6.07, 6.45) is 8.82. The van der Waals surface area contributed by atoms with Gasteiger partial charge in [0.2, 0.25) is 0 Å². The van der Waals surface area contributed by atoms with Crippen molar-refractivity contribution in [2.75, 3.05) is 6.54 Å². The Hall–Kier alpha value is -1.40. The predicted molar refractivity (Wildman–Crippen MR) is 87.6 cm³/mol. The number of hydrogen-bond donors (Lipinski definition) is 3. The zero-order valence-corrected chi connectivity index (χ0v) is 13.8. The number of rotatable bonds is 5. The Balaban J connectivity index is 1.60. The van der Waals surface area contributed by atoms with Crippen molar-refractivity contribution in [2.45, 2.75) is 57.5 Å². The van der Waals surface area contributed by atoms with Crippen LogP contribution in [-0.2, 0) is 11.3 Å². The molecule has 22 heavy (non-hydrogen) atoms. The highest BCUT2D eigenvalue weighted by atomic mass is 32.1. The molecule has 1 aliphatic rings. The highest BCUT2D eigenvalue weighted by Gasteiger charge is 2.16. The van der Waals surface area contributed by atoms with Gasteiger partial charge in [-0.25, -0.2) is 4.79 Å². The van der Waals surface area contributed by atoms with Gasteiger partial charge in [0.05, 0.1) is 12.6 Å². The van der Waals surface area contributed by atoms with Gasteiger partial charge < -0.3 is 10.6 Å². The number of carbonyl (C=O) groups is 2. The third-order valence-corrected chi connectivity index (χ3v) is 4.92. The fraction of sp³-hybridized carbons (Fsp3) is 0.625. The number of nitrogens with two attached hydrogens (primary N) is 1. The molecule has 1 heterocycles. The molecule has 3 amide bonds. The van der Waals surface area contributed by atoms with E-state index in [1.807, 2.05) is 17.5 Å². The molecule has 0 unspecified atom stereocenters. The van der Waals surface area contributed by atoms with Gasteiger partial charge in [-0.1, -0.05) is 25.3 Å². The van der Waals surface area contributed by atoms with Gasteiger partial charge in [-0.05, 0) is 37.1 Å². The monoisotopic (exact) mass is 324 g/mol. The van der Waals surface area contributed by atoms with E-state index >= 15 is 0 Å². The van der Waals surface area contributed by atoms with Crippen molar-refractivity contribution in [2.24, 2.45) is 0 Å². The second-order valence-electron chi connectivity index (χ2n) is 5.86. The molecule has 0 spiro atoms. The van der Waals surface area contributed by atoms with E-state index in [4.69, 9.17) is 0 Å². The van der Waals surface area contributed by atoms with Crippen LogP contribution in [-0.4, -0.2) is 24.5 Å². The molecule has 122 valence electrons. The minimum atomic E-state index is -0.413. The number of hydrogen-bond acceptors (Lipinski definition) is 3. The number of carbonyl (C=O) groups excluding carboxylic acids is 2. The molecule has 0 bridgehead atoms. The highest BCUT2D eigenvalue weighted by molar-refractivity contribution is 7.09. The summed E-state index contributed by atoms with van der Waals surface area (Å²) in [7, 11) is 0. The fourth-order valence-electron chi connectivity index (χ4n) is 2.80. The first-order valence-corrected chi connectivity index (χ1v) is 9.05. The first kappa shape index (κ1) is 17.0. The number of amides is 3. The van der Waals surface area contributed by atoms with Crippen LogP contribution in [0.3, 0.4) is 0 Å². The highest BCUT2D eigenvalue weighted by Crippen LogP contribution is 2.14. The summed E-state index contributed by atoms with van der Waals surface area (Å²) in [6, 6.07) is 4.01.